The maximum Gasteiger partial charge on any atom is 0.351 e. The Balaban J connectivity index is 1.56. The van der Waals surface area contributed by atoms with Crippen molar-refractivity contribution in [3.8, 4) is 0 Å². The third-order valence-corrected chi connectivity index (χ3v) is 5.10. The molecule has 1 amide bonds. The molecule has 0 spiro atoms. The highest BCUT2D eigenvalue weighted by Gasteiger charge is 2.28. The summed E-state index contributed by atoms with van der Waals surface area (Å²) in [5, 5.41) is 12.2. The van der Waals surface area contributed by atoms with Crippen LogP contribution >= 0.6 is 11.3 Å². The van der Waals surface area contributed by atoms with Crippen LogP contribution in [0.1, 0.15) is 15.9 Å². The van der Waals surface area contributed by atoms with Gasteiger partial charge in [0.15, 0.2) is 24.2 Å². The number of carbonyl (C=O) groups excluding carboxylic acids is 1. The van der Waals surface area contributed by atoms with Gasteiger partial charge in [-0.15, -0.1) is 11.3 Å². The molecule has 2 N–H and O–H groups in total. The van der Waals surface area contributed by atoms with Gasteiger partial charge in [0.2, 0.25) is 0 Å². The van der Waals surface area contributed by atoms with Crippen LogP contribution in [0, 0.1) is 5.82 Å². The molecule has 1 aliphatic heterocycles. The molecule has 1 saturated heterocycles. The van der Waals surface area contributed by atoms with Crippen LogP contribution in [0.15, 0.2) is 41.3 Å². The van der Waals surface area contributed by atoms with E-state index in [4.69, 9.17) is 14.6 Å². The van der Waals surface area contributed by atoms with E-state index in [-0.39, 0.29) is 13.2 Å². The summed E-state index contributed by atoms with van der Waals surface area (Å²) in [7, 11) is 0. The highest BCUT2D eigenvalue weighted by atomic mass is 32.1. The molecular formula is C17H14FN3O5S. The molecule has 140 valence electrons. The molecule has 0 radical (unpaired) electrons. The molecule has 0 aliphatic carbocycles. The van der Waals surface area contributed by atoms with E-state index >= 15 is 0 Å². The summed E-state index contributed by atoms with van der Waals surface area (Å²) in [5.74, 6) is -1.91. The van der Waals surface area contributed by atoms with Crippen molar-refractivity contribution in [3.05, 3.63) is 57.7 Å². The van der Waals surface area contributed by atoms with E-state index in [1.54, 1.807) is 6.07 Å². The number of hydrogen-bond acceptors (Lipinski definition) is 7. The molecule has 2 aromatic heterocycles. The highest BCUT2D eigenvalue weighted by Crippen LogP contribution is 2.26. The number of aliphatic hydroxyl groups is 1. The van der Waals surface area contributed by atoms with E-state index in [0.29, 0.717) is 4.88 Å². The first-order chi connectivity index (χ1) is 13.0. The summed E-state index contributed by atoms with van der Waals surface area (Å²) >= 11 is 1.26. The number of aliphatic hydroxyl groups excluding tert-OH is 1. The standard InChI is InChI=1S/C17H14FN3O5S/c18-10-6-21(13-8-25-14(7-22)26-13)17(24)20-15(10)19-16(23)12-5-9-3-1-2-4-11(9)27-12/h1-6,13-14,22H,7-8H2,(H,19,20,23,24). The Kier molecular flexibility index (Phi) is 4.70. The van der Waals surface area contributed by atoms with Crippen LogP contribution in [0.4, 0.5) is 10.2 Å². The van der Waals surface area contributed by atoms with Crippen molar-refractivity contribution < 1.29 is 23.8 Å². The largest absolute Gasteiger partial charge is 0.391 e. The lowest BCUT2D eigenvalue weighted by Gasteiger charge is -2.13. The molecule has 3 heterocycles. The molecule has 1 aromatic carbocycles. The van der Waals surface area contributed by atoms with Crippen molar-refractivity contribution in [1.82, 2.24) is 9.55 Å². The van der Waals surface area contributed by atoms with Gasteiger partial charge in [-0.1, -0.05) is 18.2 Å². The Labute approximate surface area is 155 Å². The number of ether oxygens (including phenoxy) is 2. The molecule has 3 aromatic rings. The van der Waals surface area contributed by atoms with Crippen LogP contribution in [0.2, 0.25) is 0 Å². The molecule has 4 rings (SSSR count). The molecule has 27 heavy (non-hydrogen) atoms. The van der Waals surface area contributed by atoms with Crippen molar-refractivity contribution in [3.63, 3.8) is 0 Å². The van der Waals surface area contributed by atoms with E-state index in [1.807, 2.05) is 24.3 Å². The molecule has 0 bridgehead atoms. The predicted molar refractivity (Wildman–Crippen MR) is 95.2 cm³/mol. The van der Waals surface area contributed by atoms with Gasteiger partial charge >= 0.3 is 5.69 Å². The van der Waals surface area contributed by atoms with E-state index in [1.165, 1.54) is 11.3 Å². The first-order valence-electron chi connectivity index (χ1n) is 8.01. The maximum atomic E-state index is 14.4. The van der Waals surface area contributed by atoms with Gasteiger partial charge in [-0.25, -0.2) is 9.18 Å². The van der Waals surface area contributed by atoms with Crippen molar-refractivity contribution in [2.75, 3.05) is 18.5 Å². The highest BCUT2D eigenvalue weighted by molar-refractivity contribution is 7.20. The predicted octanol–water partition coefficient (Wildman–Crippen LogP) is 1.71. The summed E-state index contributed by atoms with van der Waals surface area (Å²) in [5.41, 5.74) is -0.810. The van der Waals surface area contributed by atoms with Crippen LogP contribution in [-0.4, -0.2) is 40.1 Å². The Morgan fingerprint density at radius 3 is 3.00 bits per heavy atom. The van der Waals surface area contributed by atoms with Gasteiger partial charge in [-0.2, -0.15) is 4.98 Å². The van der Waals surface area contributed by atoms with E-state index in [0.717, 1.165) is 20.9 Å². The SMILES string of the molecule is O=C(Nc1nc(=O)n(C2COC(CO)O2)cc1F)c1cc2ccccc2s1. The smallest absolute Gasteiger partial charge is 0.351 e. The van der Waals surface area contributed by atoms with Crippen LogP contribution in [-0.2, 0) is 9.47 Å². The minimum atomic E-state index is -0.899. The second-order valence-electron chi connectivity index (χ2n) is 5.77. The van der Waals surface area contributed by atoms with Gasteiger partial charge in [0.05, 0.1) is 24.3 Å². The molecule has 2 atom stereocenters. The number of benzene rings is 1. The number of halogens is 1. The zero-order valence-electron chi connectivity index (χ0n) is 13.8. The van der Waals surface area contributed by atoms with Crippen molar-refractivity contribution in [2.24, 2.45) is 0 Å². The number of rotatable bonds is 4. The van der Waals surface area contributed by atoms with Gasteiger partial charge in [-0.3, -0.25) is 9.36 Å². The molecular weight excluding hydrogens is 377 g/mol. The summed E-state index contributed by atoms with van der Waals surface area (Å²) in [6.07, 6.45) is -0.884. The zero-order chi connectivity index (χ0) is 19.0. The lowest BCUT2D eigenvalue weighted by atomic mass is 10.2. The quantitative estimate of drug-likeness (QED) is 0.702. The molecule has 0 saturated carbocycles. The fourth-order valence-electron chi connectivity index (χ4n) is 2.69. The summed E-state index contributed by atoms with van der Waals surface area (Å²) in [6, 6.07) is 9.14. The summed E-state index contributed by atoms with van der Waals surface area (Å²) in [6.45, 7) is -0.412. The van der Waals surface area contributed by atoms with Crippen LogP contribution in [0.5, 0.6) is 0 Å². The fraction of sp³-hybridized carbons (Fsp3) is 0.235. The zero-order valence-corrected chi connectivity index (χ0v) is 14.6. The van der Waals surface area contributed by atoms with Crippen molar-refractivity contribution in [1.29, 1.82) is 0 Å². The molecule has 8 nitrogen and oxygen atoms in total. The number of anilines is 1. The molecule has 1 aliphatic rings. The average Bonchev–Trinajstić information content (AvgIpc) is 3.31. The van der Waals surface area contributed by atoms with Crippen LogP contribution in [0.3, 0.4) is 0 Å². The number of carbonyl (C=O) groups is 1. The Morgan fingerprint density at radius 1 is 1.44 bits per heavy atom. The van der Waals surface area contributed by atoms with Gasteiger partial charge in [0, 0.05) is 4.70 Å². The molecule has 10 heteroatoms. The number of nitrogens with one attached hydrogen (secondary N) is 1. The Hall–Kier alpha value is -2.66. The Bertz CT molecular complexity index is 1030. The summed E-state index contributed by atoms with van der Waals surface area (Å²) in [4.78, 5) is 28.5. The van der Waals surface area contributed by atoms with Crippen molar-refractivity contribution >= 4 is 33.1 Å². The van der Waals surface area contributed by atoms with Crippen LogP contribution < -0.4 is 11.0 Å². The number of nitrogens with zero attached hydrogens (tertiary/aromatic N) is 2. The topological polar surface area (TPSA) is 103 Å². The Morgan fingerprint density at radius 2 is 2.26 bits per heavy atom. The number of thiophene rings is 1. The molecule has 2 unspecified atom stereocenters. The third-order valence-electron chi connectivity index (χ3n) is 3.98. The van der Waals surface area contributed by atoms with Gasteiger partial charge in [0.1, 0.15) is 0 Å². The number of aromatic nitrogens is 2. The second-order valence-corrected chi connectivity index (χ2v) is 6.85. The van der Waals surface area contributed by atoms with Gasteiger partial charge < -0.3 is 19.9 Å². The van der Waals surface area contributed by atoms with Crippen LogP contribution in [0.25, 0.3) is 10.1 Å². The number of hydrogen-bond donors (Lipinski definition) is 2. The van der Waals surface area contributed by atoms with E-state index in [9.17, 15) is 14.0 Å². The van der Waals surface area contributed by atoms with E-state index in [2.05, 4.69) is 10.3 Å². The second kappa shape index (κ2) is 7.16. The number of amides is 1. The van der Waals surface area contributed by atoms with Gasteiger partial charge in [0.25, 0.3) is 5.91 Å². The normalized spacial score (nSPS) is 19.5. The first kappa shape index (κ1) is 17.7. The lowest BCUT2D eigenvalue weighted by molar-refractivity contribution is -0.0993. The minimum absolute atomic E-state index is 0.0280. The average molecular weight is 391 g/mol. The monoisotopic (exact) mass is 391 g/mol. The summed E-state index contributed by atoms with van der Waals surface area (Å²) < 4.78 is 26.6. The maximum absolute atomic E-state index is 14.4. The lowest BCUT2D eigenvalue weighted by Crippen LogP contribution is -2.30. The number of fused-ring (bicyclic) bond motifs is 1. The fourth-order valence-corrected chi connectivity index (χ4v) is 3.65. The van der Waals surface area contributed by atoms with Gasteiger partial charge in [-0.05, 0) is 17.5 Å². The van der Waals surface area contributed by atoms with Crippen molar-refractivity contribution in [2.45, 2.75) is 12.5 Å². The minimum Gasteiger partial charge on any atom is -0.391 e. The van der Waals surface area contributed by atoms with E-state index < -0.39 is 35.7 Å². The first-order valence-corrected chi connectivity index (χ1v) is 8.83. The third kappa shape index (κ3) is 3.47. The molecule has 1 fully saturated rings.